The van der Waals surface area contributed by atoms with Gasteiger partial charge in [-0.25, -0.2) is 0 Å². The van der Waals surface area contributed by atoms with Gasteiger partial charge in [-0.3, -0.25) is 9.78 Å². The summed E-state index contributed by atoms with van der Waals surface area (Å²) in [4.78, 5) is 15.6. The van der Waals surface area contributed by atoms with Crippen LogP contribution in [0, 0.1) is 0 Å². The molecule has 0 unspecified atom stereocenters. The Labute approximate surface area is 124 Å². The smallest absolute Gasteiger partial charge is 0.224 e. The highest BCUT2D eigenvalue weighted by atomic mass is 16.1. The Hall–Kier alpha value is -2.42. The summed E-state index contributed by atoms with van der Waals surface area (Å²) >= 11 is 0. The lowest BCUT2D eigenvalue weighted by Gasteiger charge is -2.18. The first-order chi connectivity index (χ1) is 10.3. The molecule has 1 aromatic heterocycles. The number of aryl methyl sites for hydroxylation is 1. The van der Waals surface area contributed by atoms with Crippen molar-refractivity contribution in [3.63, 3.8) is 0 Å². The highest BCUT2D eigenvalue weighted by Crippen LogP contribution is 2.28. The number of nitrogens with one attached hydrogen (secondary N) is 1. The Morgan fingerprint density at radius 3 is 3.00 bits per heavy atom. The summed E-state index contributed by atoms with van der Waals surface area (Å²) in [5.74, 6) is 0.108. The summed E-state index contributed by atoms with van der Waals surface area (Å²) in [7, 11) is 0. The summed E-state index contributed by atoms with van der Waals surface area (Å²) in [6.45, 7) is 2.16. The van der Waals surface area contributed by atoms with Gasteiger partial charge in [0.1, 0.15) is 0 Å². The van der Waals surface area contributed by atoms with Crippen LogP contribution < -0.4 is 5.32 Å². The van der Waals surface area contributed by atoms with E-state index in [2.05, 4.69) is 41.5 Å². The zero-order valence-electron chi connectivity index (χ0n) is 12.1. The molecule has 106 valence electrons. The number of carbonyl (C=O) groups is 1. The molecule has 21 heavy (non-hydrogen) atoms. The van der Waals surface area contributed by atoms with Crippen LogP contribution in [0.25, 0.3) is 11.6 Å². The van der Waals surface area contributed by atoms with E-state index in [4.69, 9.17) is 0 Å². The van der Waals surface area contributed by atoms with Gasteiger partial charge in [0.05, 0.1) is 0 Å². The Kier molecular flexibility index (Phi) is 3.82. The normalized spacial score (nSPS) is 14.5. The quantitative estimate of drug-likeness (QED) is 0.924. The van der Waals surface area contributed by atoms with Crippen LogP contribution in [-0.4, -0.2) is 10.9 Å². The highest BCUT2D eigenvalue weighted by molar-refractivity contribution is 5.94. The number of hydrogen-bond donors (Lipinski definition) is 1. The van der Waals surface area contributed by atoms with Gasteiger partial charge in [0.2, 0.25) is 5.91 Å². The number of aromatic nitrogens is 1. The van der Waals surface area contributed by atoms with E-state index >= 15 is 0 Å². The number of benzene rings is 1. The first kappa shape index (κ1) is 13.6. The lowest BCUT2D eigenvalue weighted by molar-refractivity contribution is -0.116. The van der Waals surface area contributed by atoms with Crippen molar-refractivity contribution in [2.24, 2.45) is 0 Å². The molecule has 1 aliphatic heterocycles. The Morgan fingerprint density at radius 1 is 1.33 bits per heavy atom. The van der Waals surface area contributed by atoms with Crippen LogP contribution >= 0.6 is 0 Å². The van der Waals surface area contributed by atoms with Gasteiger partial charge < -0.3 is 5.32 Å². The molecule has 0 fully saturated rings. The minimum Gasteiger partial charge on any atom is -0.326 e. The molecule has 1 aromatic carbocycles. The molecule has 2 aromatic rings. The fourth-order valence-corrected chi connectivity index (χ4v) is 2.64. The number of fused-ring (bicyclic) bond motifs is 1. The third-order valence-electron chi connectivity index (χ3n) is 3.78. The zero-order chi connectivity index (χ0) is 14.7. The van der Waals surface area contributed by atoms with E-state index in [1.807, 2.05) is 18.3 Å². The Bertz CT molecular complexity index is 690. The SMILES string of the molecule is CC/C(=C\c1cccnc1)c1ccc2c(c1)CCC(=O)N2. The van der Waals surface area contributed by atoms with Gasteiger partial charge in [-0.2, -0.15) is 0 Å². The second-order valence-corrected chi connectivity index (χ2v) is 5.23. The fraction of sp³-hybridized carbons (Fsp3) is 0.222. The zero-order valence-corrected chi connectivity index (χ0v) is 12.1. The third kappa shape index (κ3) is 3.02. The minimum atomic E-state index is 0.108. The van der Waals surface area contributed by atoms with Crippen LogP contribution in [-0.2, 0) is 11.2 Å². The van der Waals surface area contributed by atoms with Gasteiger partial charge in [0.25, 0.3) is 0 Å². The maximum Gasteiger partial charge on any atom is 0.224 e. The van der Waals surface area contributed by atoms with Crippen molar-refractivity contribution in [2.75, 3.05) is 5.32 Å². The molecule has 1 aliphatic rings. The third-order valence-corrected chi connectivity index (χ3v) is 3.78. The highest BCUT2D eigenvalue weighted by Gasteiger charge is 2.15. The summed E-state index contributed by atoms with van der Waals surface area (Å²) < 4.78 is 0. The van der Waals surface area contributed by atoms with Crippen LogP contribution in [0.2, 0.25) is 0 Å². The van der Waals surface area contributed by atoms with Crippen molar-refractivity contribution >= 4 is 23.2 Å². The van der Waals surface area contributed by atoms with E-state index in [0.29, 0.717) is 6.42 Å². The number of amides is 1. The maximum absolute atomic E-state index is 11.4. The number of rotatable bonds is 3. The molecule has 1 amide bonds. The predicted octanol–water partition coefficient (Wildman–Crippen LogP) is 3.92. The molecular weight excluding hydrogens is 260 g/mol. The molecule has 3 heteroatoms. The van der Waals surface area contributed by atoms with Gasteiger partial charge in [-0.05, 0) is 59.4 Å². The number of carbonyl (C=O) groups excluding carboxylic acids is 1. The molecule has 2 heterocycles. The molecule has 3 nitrogen and oxygen atoms in total. The molecule has 0 saturated heterocycles. The number of nitrogens with zero attached hydrogens (tertiary/aromatic N) is 1. The Balaban J connectivity index is 1.95. The first-order valence-electron chi connectivity index (χ1n) is 7.30. The van der Waals surface area contributed by atoms with Crippen LogP contribution in [0.15, 0.2) is 42.7 Å². The standard InChI is InChI=1S/C18H18N2O/c1-2-14(10-13-4-3-9-19-12-13)15-5-7-17-16(11-15)6-8-18(21)20-17/h3-5,7,9-12H,2,6,8H2,1H3,(H,20,21)/b14-10+. The number of allylic oxidation sites excluding steroid dienone is 1. The number of pyridine rings is 1. The average molecular weight is 278 g/mol. The van der Waals surface area contributed by atoms with Gasteiger partial charge in [-0.15, -0.1) is 0 Å². The molecule has 0 bridgehead atoms. The van der Waals surface area contributed by atoms with E-state index in [1.54, 1.807) is 6.20 Å². The van der Waals surface area contributed by atoms with Gasteiger partial charge in [-0.1, -0.05) is 19.1 Å². The van der Waals surface area contributed by atoms with E-state index in [-0.39, 0.29) is 5.91 Å². The fourth-order valence-electron chi connectivity index (χ4n) is 2.64. The number of hydrogen-bond acceptors (Lipinski definition) is 2. The van der Waals surface area contributed by atoms with Crippen LogP contribution in [0.1, 0.15) is 36.5 Å². The van der Waals surface area contributed by atoms with E-state index < -0.39 is 0 Å². The molecule has 1 N–H and O–H groups in total. The molecule has 0 saturated carbocycles. The van der Waals surface area contributed by atoms with E-state index in [1.165, 1.54) is 16.7 Å². The summed E-state index contributed by atoms with van der Waals surface area (Å²) in [6, 6.07) is 10.3. The molecule has 3 rings (SSSR count). The largest absolute Gasteiger partial charge is 0.326 e. The van der Waals surface area contributed by atoms with Crippen molar-refractivity contribution in [3.05, 3.63) is 59.4 Å². The summed E-state index contributed by atoms with van der Waals surface area (Å²) in [5.41, 5.74) is 5.78. The van der Waals surface area contributed by atoms with Crippen molar-refractivity contribution in [3.8, 4) is 0 Å². The van der Waals surface area contributed by atoms with Gasteiger partial charge >= 0.3 is 0 Å². The molecule has 0 aliphatic carbocycles. The lowest BCUT2D eigenvalue weighted by Crippen LogP contribution is -2.18. The molecule has 0 spiro atoms. The van der Waals surface area contributed by atoms with Crippen molar-refractivity contribution < 1.29 is 4.79 Å². The van der Waals surface area contributed by atoms with Crippen LogP contribution in [0.3, 0.4) is 0 Å². The predicted molar refractivity (Wildman–Crippen MR) is 85.8 cm³/mol. The first-order valence-corrected chi connectivity index (χ1v) is 7.30. The summed E-state index contributed by atoms with van der Waals surface area (Å²) in [6.07, 6.45) is 8.18. The van der Waals surface area contributed by atoms with Gasteiger partial charge in [0, 0.05) is 24.5 Å². The van der Waals surface area contributed by atoms with Crippen molar-refractivity contribution in [1.29, 1.82) is 0 Å². The maximum atomic E-state index is 11.4. The topological polar surface area (TPSA) is 42.0 Å². The molecule has 0 radical (unpaired) electrons. The number of anilines is 1. The van der Waals surface area contributed by atoms with Gasteiger partial charge in [0.15, 0.2) is 0 Å². The van der Waals surface area contributed by atoms with E-state index in [9.17, 15) is 4.79 Å². The second-order valence-electron chi connectivity index (χ2n) is 5.23. The van der Waals surface area contributed by atoms with Crippen molar-refractivity contribution in [1.82, 2.24) is 4.98 Å². The monoisotopic (exact) mass is 278 g/mol. The molecule has 0 atom stereocenters. The lowest BCUT2D eigenvalue weighted by atomic mass is 9.95. The van der Waals surface area contributed by atoms with Crippen LogP contribution in [0.4, 0.5) is 5.69 Å². The van der Waals surface area contributed by atoms with E-state index in [0.717, 1.165) is 24.1 Å². The summed E-state index contributed by atoms with van der Waals surface area (Å²) in [5, 5.41) is 2.93. The van der Waals surface area contributed by atoms with Crippen LogP contribution in [0.5, 0.6) is 0 Å². The van der Waals surface area contributed by atoms with Crippen molar-refractivity contribution in [2.45, 2.75) is 26.2 Å². The molecular formula is C18H18N2O. The minimum absolute atomic E-state index is 0.108. The Morgan fingerprint density at radius 2 is 2.24 bits per heavy atom. The second kappa shape index (κ2) is 5.92. The average Bonchev–Trinajstić information content (AvgIpc) is 2.53.